The minimum absolute atomic E-state index is 0.0233. The summed E-state index contributed by atoms with van der Waals surface area (Å²) in [6.45, 7) is 1.98. The first-order valence-corrected chi connectivity index (χ1v) is 6.73. The zero-order chi connectivity index (χ0) is 14.1. The molecule has 1 aliphatic rings. The van der Waals surface area contributed by atoms with Gasteiger partial charge in [0.1, 0.15) is 5.76 Å². The van der Waals surface area contributed by atoms with Gasteiger partial charge in [-0.25, -0.2) is 0 Å². The Kier molecular flexibility index (Phi) is 3.14. The van der Waals surface area contributed by atoms with Gasteiger partial charge >= 0.3 is 0 Å². The number of benzene rings is 1. The maximum atomic E-state index is 12.3. The standard InChI is InChI=1S/C16H15NO3/c1-2-12-5-7-14(20-12)16(19)11-3-6-13-10(9-11)4-8-15(18)17-13/h3,5-7,9H,2,4,8H2,1H3,(H,17,18). The van der Waals surface area contributed by atoms with Gasteiger partial charge in [0, 0.05) is 24.1 Å². The maximum Gasteiger partial charge on any atom is 0.228 e. The number of hydrogen-bond acceptors (Lipinski definition) is 3. The molecule has 1 amide bonds. The number of nitrogens with one attached hydrogen (secondary N) is 1. The molecule has 0 fully saturated rings. The van der Waals surface area contributed by atoms with Gasteiger partial charge in [0.25, 0.3) is 0 Å². The Bertz CT molecular complexity index is 685. The minimum atomic E-state index is -0.121. The molecular weight excluding hydrogens is 254 g/mol. The smallest absolute Gasteiger partial charge is 0.228 e. The highest BCUT2D eigenvalue weighted by Gasteiger charge is 2.18. The first-order valence-electron chi connectivity index (χ1n) is 6.73. The van der Waals surface area contributed by atoms with E-state index in [-0.39, 0.29) is 11.7 Å². The molecule has 4 heteroatoms. The summed E-state index contributed by atoms with van der Waals surface area (Å²) in [6, 6.07) is 8.88. The third-order valence-corrected chi connectivity index (χ3v) is 3.50. The van der Waals surface area contributed by atoms with E-state index in [1.807, 2.05) is 19.1 Å². The Morgan fingerprint density at radius 1 is 1.25 bits per heavy atom. The summed E-state index contributed by atoms with van der Waals surface area (Å²) in [5.41, 5.74) is 2.39. The van der Waals surface area contributed by atoms with E-state index in [1.165, 1.54) is 0 Å². The molecule has 0 spiro atoms. The number of anilines is 1. The van der Waals surface area contributed by atoms with Gasteiger partial charge in [-0.15, -0.1) is 0 Å². The summed E-state index contributed by atoms with van der Waals surface area (Å²) in [5.74, 6) is 1.07. The van der Waals surface area contributed by atoms with E-state index in [4.69, 9.17) is 4.42 Å². The molecule has 0 radical (unpaired) electrons. The lowest BCUT2D eigenvalue weighted by atomic mass is 9.98. The van der Waals surface area contributed by atoms with E-state index in [9.17, 15) is 9.59 Å². The number of furan rings is 1. The topological polar surface area (TPSA) is 59.3 Å². The molecule has 102 valence electrons. The van der Waals surface area contributed by atoms with Crippen molar-refractivity contribution in [1.29, 1.82) is 0 Å². The normalized spacial score (nSPS) is 13.8. The van der Waals surface area contributed by atoms with Crippen LogP contribution in [0.4, 0.5) is 5.69 Å². The average Bonchev–Trinajstić information content (AvgIpc) is 2.95. The number of aryl methyl sites for hydroxylation is 2. The number of carbonyl (C=O) groups is 2. The van der Waals surface area contributed by atoms with Crippen LogP contribution in [-0.2, 0) is 17.6 Å². The molecule has 0 saturated carbocycles. The monoisotopic (exact) mass is 269 g/mol. The molecule has 0 unspecified atom stereocenters. The fraction of sp³-hybridized carbons (Fsp3) is 0.250. The van der Waals surface area contributed by atoms with Gasteiger partial charge in [0.2, 0.25) is 11.7 Å². The second kappa shape index (κ2) is 4.96. The van der Waals surface area contributed by atoms with E-state index in [2.05, 4.69) is 5.32 Å². The van der Waals surface area contributed by atoms with Crippen LogP contribution in [0.3, 0.4) is 0 Å². The molecule has 0 bridgehead atoms. The molecule has 1 N–H and O–H groups in total. The van der Waals surface area contributed by atoms with E-state index < -0.39 is 0 Å². The quantitative estimate of drug-likeness (QED) is 0.871. The molecule has 1 aromatic carbocycles. The molecule has 2 aromatic rings. The number of fused-ring (bicyclic) bond motifs is 1. The first-order chi connectivity index (χ1) is 9.67. The van der Waals surface area contributed by atoms with Gasteiger partial charge in [-0.3, -0.25) is 9.59 Å². The summed E-state index contributed by atoms with van der Waals surface area (Å²) >= 11 is 0. The van der Waals surface area contributed by atoms with Crippen molar-refractivity contribution in [2.45, 2.75) is 26.2 Å². The van der Waals surface area contributed by atoms with Gasteiger partial charge < -0.3 is 9.73 Å². The SMILES string of the molecule is CCc1ccc(C(=O)c2ccc3c(c2)CCC(=O)N3)o1. The number of ketones is 1. The Morgan fingerprint density at radius 3 is 2.85 bits per heavy atom. The van der Waals surface area contributed by atoms with Gasteiger partial charge in [-0.2, -0.15) is 0 Å². The summed E-state index contributed by atoms with van der Waals surface area (Å²) in [4.78, 5) is 23.7. The van der Waals surface area contributed by atoms with Crippen LogP contribution in [0.2, 0.25) is 0 Å². The fourth-order valence-electron chi connectivity index (χ4n) is 2.36. The van der Waals surface area contributed by atoms with E-state index in [0.717, 1.165) is 23.4 Å². The molecule has 0 saturated heterocycles. The van der Waals surface area contributed by atoms with E-state index in [1.54, 1.807) is 18.2 Å². The van der Waals surface area contributed by atoms with Crippen LogP contribution in [0, 0.1) is 0 Å². The minimum Gasteiger partial charge on any atom is -0.458 e. The van der Waals surface area contributed by atoms with Crippen molar-refractivity contribution in [2.75, 3.05) is 5.32 Å². The Hall–Kier alpha value is -2.36. The molecule has 1 aliphatic heterocycles. The maximum absolute atomic E-state index is 12.3. The van der Waals surface area contributed by atoms with Crippen LogP contribution in [-0.4, -0.2) is 11.7 Å². The Morgan fingerprint density at radius 2 is 2.10 bits per heavy atom. The van der Waals surface area contributed by atoms with E-state index in [0.29, 0.717) is 24.2 Å². The Balaban J connectivity index is 1.90. The van der Waals surface area contributed by atoms with Gasteiger partial charge in [-0.05, 0) is 42.3 Å². The van der Waals surface area contributed by atoms with Crippen molar-refractivity contribution in [3.05, 3.63) is 53.0 Å². The van der Waals surface area contributed by atoms with Crippen molar-refractivity contribution in [3.63, 3.8) is 0 Å². The number of amides is 1. The summed E-state index contributed by atoms with van der Waals surface area (Å²) < 4.78 is 5.49. The largest absolute Gasteiger partial charge is 0.458 e. The first kappa shape index (κ1) is 12.7. The van der Waals surface area contributed by atoms with Crippen molar-refractivity contribution < 1.29 is 14.0 Å². The van der Waals surface area contributed by atoms with Crippen LogP contribution < -0.4 is 5.32 Å². The molecule has 0 aliphatic carbocycles. The average molecular weight is 269 g/mol. The predicted molar refractivity (Wildman–Crippen MR) is 74.9 cm³/mol. The fourth-order valence-corrected chi connectivity index (χ4v) is 2.36. The predicted octanol–water partition coefficient (Wildman–Crippen LogP) is 2.96. The molecule has 3 rings (SSSR count). The second-order valence-electron chi connectivity index (χ2n) is 4.87. The highest BCUT2D eigenvalue weighted by atomic mass is 16.3. The molecule has 2 heterocycles. The molecule has 4 nitrogen and oxygen atoms in total. The molecular formula is C16H15NO3. The number of carbonyl (C=O) groups excluding carboxylic acids is 2. The molecule has 20 heavy (non-hydrogen) atoms. The lowest BCUT2D eigenvalue weighted by Crippen LogP contribution is -2.19. The highest BCUT2D eigenvalue weighted by molar-refractivity contribution is 6.08. The van der Waals surface area contributed by atoms with Crippen molar-refractivity contribution in [1.82, 2.24) is 0 Å². The van der Waals surface area contributed by atoms with Crippen molar-refractivity contribution >= 4 is 17.4 Å². The van der Waals surface area contributed by atoms with Gasteiger partial charge in [0.15, 0.2) is 5.76 Å². The van der Waals surface area contributed by atoms with Crippen LogP contribution in [0.1, 0.15) is 40.8 Å². The number of hydrogen-bond donors (Lipinski definition) is 1. The van der Waals surface area contributed by atoms with Crippen LogP contribution >= 0.6 is 0 Å². The molecule has 0 atom stereocenters. The zero-order valence-corrected chi connectivity index (χ0v) is 11.2. The zero-order valence-electron chi connectivity index (χ0n) is 11.2. The number of rotatable bonds is 3. The van der Waals surface area contributed by atoms with E-state index >= 15 is 0 Å². The third kappa shape index (κ3) is 2.25. The summed E-state index contributed by atoms with van der Waals surface area (Å²) in [6.07, 6.45) is 1.90. The van der Waals surface area contributed by atoms with Crippen molar-refractivity contribution in [2.24, 2.45) is 0 Å². The summed E-state index contributed by atoms with van der Waals surface area (Å²) in [5, 5.41) is 2.81. The van der Waals surface area contributed by atoms with Crippen LogP contribution in [0.5, 0.6) is 0 Å². The van der Waals surface area contributed by atoms with Crippen LogP contribution in [0.15, 0.2) is 34.7 Å². The van der Waals surface area contributed by atoms with Crippen LogP contribution in [0.25, 0.3) is 0 Å². The summed E-state index contributed by atoms with van der Waals surface area (Å²) in [7, 11) is 0. The molecule has 1 aromatic heterocycles. The Labute approximate surface area is 116 Å². The van der Waals surface area contributed by atoms with Gasteiger partial charge in [-0.1, -0.05) is 6.92 Å². The lowest BCUT2D eigenvalue weighted by molar-refractivity contribution is -0.116. The van der Waals surface area contributed by atoms with Crippen molar-refractivity contribution in [3.8, 4) is 0 Å². The second-order valence-corrected chi connectivity index (χ2v) is 4.87. The van der Waals surface area contributed by atoms with Gasteiger partial charge in [0.05, 0.1) is 0 Å². The highest BCUT2D eigenvalue weighted by Crippen LogP contribution is 2.25. The third-order valence-electron chi connectivity index (χ3n) is 3.50. The lowest BCUT2D eigenvalue weighted by Gasteiger charge is -2.17.